The zero-order chi connectivity index (χ0) is 13.8. The van der Waals surface area contributed by atoms with Crippen LogP contribution in [0, 0.1) is 0 Å². The summed E-state index contributed by atoms with van der Waals surface area (Å²) in [6.45, 7) is 2.76. The van der Waals surface area contributed by atoms with Crippen LogP contribution in [0.5, 0.6) is 5.75 Å². The largest absolute Gasteiger partial charge is 0.508 e. The maximum Gasteiger partial charge on any atom is 0.266 e. The molecule has 1 N–H and O–H groups in total. The quantitative estimate of drug-likeness (QED) is 0.682. The number of unbranched alkanes of at least 4 members (excludes halogenated alkanes) is 1. The standard InChI is InChI=1S/C14H15NO2S2/c1-2-3-7-15-13(17)12(19-14(15)18)9-10-5-4-6-11(16)8-10/h4-6,8-9,16H,2-3,7H2,1H3/b12-9+. The van der Waals surface area contributed by atoms with Gasteiger partial charge in [-0.2, -0.15) is 0 Å². The van der Waals surface area contributed by atoms with E-state index in [-0.39, 0.29) is 11.7 Å². The number of hydrogen-bond acceptors (Lipinski definition) is 4. The summed E-state index contributed by atoms with van der Waals surface area (Å²) in [5, 5.41) is 9.42. The van der Waals surface area contributed by atoms with E-state index >= 15 is 0 Å². The summed E-state index contributed by atoms with van der Waals surface area (Å²) >= 11 is 6.55. The number of thiocarbonyl (C=S) groups is 1. The Hall–Kier alpha value is -1.33. The predicted octanol–water partition coefficient (Wildman–Crippen LogP) is 3.39. The van der Waals surface area contributed by atoms with E-state index in [1.54, 1.807) is 29.2 Å². The predicted molar refractivity (Wildman–Crippen MR) is 82.9 cm³/mol. The van der Waals surface area contributed by atoms with Crippen molar-refractivity contribution in [3.8, 4) is 5.75 Å². The van der Waals surface area contributed by atoms with Crippen LogP contribution in [0.3, 0.4) is 0 Å². The van der Waals surface area contributed by atoms with E-state index in [9.17, 15) is 9.90 Å². The molecule has 1 amide bonds. The maximum atomic E-state index is 12.2. The second-order valence-electron chi connectivity index (χ2n) is 4.28. The molecule has 1 heterocycles. The average Bonchev–Trinajstić information content (AvgIpc) is 2.62. The Balaban J connectivity index is 2.18. The van der Waals surface area contributed by atoms with Gasteiger partial charge in [-0.25, -0.2) is 0 Å². The Morgan fingerprint density at radius 3 is 2.95 bits per heavy atom. The molecule has 19 heavy (non-hydrogen) atoms. The molecule has 1 fully saturated rings. The number of carbonyl (C=O) groups is 1. The summed E-state index contributed by atoms with van der Waals surface area (Å²) in [4.78, 5) is 14.5. The first kappa shape index (κ1) is 14.1. The Morgan fingerprint density at radius 2 is 2.26 bits per heavy atom. The molecule has 100 valence electrons. The maximum absolute atomic E-state index is 12.2. The van der Waals surface area contributed by atoms with Crippen molar-refractivity contribution in [3.05, 3.63) is 34.7 Å². The lowest BCUT2D eigenvalue weighted by molar-refractivity contribution is -0.122. The van der Waals surface area contributed by atoms with Gasteiger partial charge >= 0.3 is 0 Å². The summed E-state index contributed by atoms with van der Waals surface area (Å²) in [6.07, 6.45) is 3.75. The molecule has 0 aromatic heterocycles. The number of rotatable bonds is 4. The third-order valence-corrected chi connectivity index (χ3v) is 4.15. The van der Waals surface area contributed by atoms with Crippen molar-refractivity contribution in [2.45, 2.75) is 19.8 Å². The van der Waals surface area contributed by atoms with Gasteiger partial charge in [0.05, 0.1) is 4.91 Å². The van der Waals surface area contributed by atoms with Crippen LogP contribution >= 0.6 is 24.0 Å². The first-order chi connectivity index (χ1) is 9.11. The van der Waals surface area contributed by atoms with E-state index in [2.05, 4.69) is 6.92 Å². The Bertz CT molecular complexity index is 540. The normalized spacial score (nSPS) is 17.5. The van der Waals surface area contributed by atoms with Gasteiger partial charge in [0, 0.05) is 6.54 Å². The molecule has 1 aliphatic heterocycles. The van der Waals surface area contributed by atoms with E-state index in [4.69, 9.17) is 12.2 Å². The van der Waals surface area contributed by atoms with Crippen molar-refractivity contribution in [2.75, 3.05) is 6.54 Å². The first-order valence-corrected chi connectivity index (χ1v) is 7.38. The van der Waals surface area contributed by atoms with Crippen molar-refractivity contribution in [2.24, 2.45) is 0 Å². The highest BCUT2D eigenvalue weighted by molar-refractivity contribution is 8.26. The van der Waals surface area contributed by atoms with Gasteiger partial charge in [-0.3, -0.25) is 9.69 Å². The minimum Gasteiger partial charge on any atom is -0.508 e. The van der Waals surface area contributed by atoms with Gasteiger partial charge in [-0.05, 0) is 30.2 Å². The molecule has 0 spiro atoms. The number of phenolic OH excluding ortho intramolecular Hbond substituents is 1. The molecular weight excluding hydrogens is 278 g/mol. The topological polar surface area (TPSA) is 40.5 Å². The molecular formula is C14H15NO2S2. The van der Waals surface area contributed by atoms with Crippen LogP contribution in [0.1, 0.15) is 25.3 Å². The number of nitrogens with zero attached hydrogens (tertiary/aromatic N) is 1. The van der Waals surface area contributed by atoms with Crippen molar-refractivity contribution < 1.29 is 9.90 Å². The van der Waals surface area contributed by atoms with Crippen molar-refractivity contribution in [1.29, 1.82) is 0 Å². The van der Waals surface area contributed by atoms with Gasteiger partial charge in [0.25, 0.3) is 5.91 Å². The van der Waals surface area contributed by atoms with Crippen LogP contribution < -0.4 is 0 Å². The highest BCUT2D eigenvalue weighted by Gasteiger charge is 2.31. The Kier molecular flexibility index (Phi) is 4.61. The molecule has 0 aliphatic carbocycles. The second-order valence-corrected chi connectivity index (χ2v) is 5.96. The van der Waals surface area contributed by atoms with Gasteiger partial charge in [-0.15, -0.1) is 0 Å². The lowest BCUT2D eigenvalue weighted by Gasteiger charge is -2.12. The fourth-order valence-electron chi connectivity index (χ4n) is 1.77. The molecule has 0 bridgehead atoms. The van der Waals surface area contributed by atoms with Crippen LogP contribution in [0.25, 0.3) is 6.08 Å². The molecule has 3 nitrogen and oxygen atoms in total. The van der Waals surface area contributed by atoms with Crippen molar-refractivity contribution in [1.82, 2.24) is 4.90 Å². The van der Waals surface area contributed by atoms with Crippen molar-refractivity contribution in [3.63, 3.8) is 0 Å². The summed E-state index contributed by atoms with van der Waals surface area (Å²) < 4.78 is 0.616. The lowest BCUT2D eigenvalue weighted by atomic mass is 10.2. The van der Waals surface area contributed by atoms with Crippen LogP contribution in [-0.2, 0) is 4.79 Å². The highest BCUT2D eigenvalue weighted by Crippen LogP contribution is 2.33. The summed E-state index contributed by atoms with van der Waals surface area (Å²) in [6, 6.07) is 6.82. The first-order valence-electron chi connectivity index (χ1n) is 6.16. The summed E-state index contributed by atoms with van der Waals surface area (Å²) in [7, 11) is 0. The molecule has 1 aromatic carbocycles. The molecule has 0 saturated carbocycles. The zero-order valence-corrected chi connectivity index (χ0v) is 12.3. The molecule has 0 unspecified atom stereocenters. The minimum absolute atomic E-state index is 0.0354. The number of carbonyl (C=O) groups excluding carboxylic acids is 1. The lowest BCUT2D eigenvalue weighted by Crippen LogP contribution is -2.28. The highest BCUT2D eigenvalue weighted by atomic mass is 32.2. The fourth-order valence-corrected chi connectivity index (χ4v) is 3.08. The Labute approximate surface area is 122 Å². The minimum atomic E-state index is -0.0354. The van der Waals surface area contributed by atoms with E-state index in [0.717, 1.165) is 18.4 Å². The van der Waals surface area contributed by atoms with E-state index < -0.39 is 0 Å². The number of thioether (sulfide) groups is 1. The van der Waals surface area contributed by atoms with E-state index in [1.807, 2.05) is 6.07 Å². The molecule has 0 radical (unpaired) electrons. The number of aromatic hydroxyl groups is 1. The van der Waals surface area contributed by atoms with Crippen LogP contribution in [-0.4, -0.2) is 26.8 Å². The third kappa shape index (κ3) is 3.36. The van der Waals surface area contributed by atoms with Crippen LogP contribution in [0.15, 0.2) is 29.2 Å². The average molecular weight is 293 g/mol. The third-order valence-electron chi connectivity index (χ3n) is 2.78. The number of hydrogen-bond donors (Lipinski definition) is 1. The molecule has 1 saturated heterocycles. The fraction of sp³-hybridized carbons (Fsp3) is 0.286. The molecule has 5 heteroatoms. The van der Waals surface area contributed by atoms with Gasteiger partial charge in [0.2, 0.25) is 0 Å². The zero-order valence-electron chi connectivity index (χ0n) is 10.6. The number of amides is 1. The van der Waals surface area contributed by atoms with E-state index in [1.165, 1.54) is 11.8 Å². The van der Waals surface area contributed by atoms with Crippen LogP contribution in [0.4, 0.5) is 0 Å². The van der Waals surface area contributed by atoms with E-state index in [0.29, 0.717) is 15.8 Å². The number of benzene rings is 1. The van der Waals surface area contributed by atoms with Crippen LogP contribution in [0.2, 0.25) is 0 Å². The SMILES string of the molecule is CCCCN1C(=O)/C(=C\c2cccc(O)c2)SC1=S. The molecule has 1 aromatic rings. The summed E-state index contributed by atoms with van der Waals surface area (Å²) in [5.74, 6) is 0.155. The second kappa shape index (κ2) is 6.21. The monoisotopic (exact) mass is 293 g/mol. The van der Waals surface area contributed by atoms with Crippen molar-refractivity contribution >= 4 is 40.3 Å². The number of phenols is 1. The smallest absolute Gasteiger partial charge is 0.266 e. The van der Waals surface area contributed by atoms with Gasteiger partial charge in [0.15, 0.2) is 0 Å². The molecule has 2 rings (SSSR count). The van der Waals surface area contributed by atoms with Gasteiger partial charge in [0.1, 0.15) is 10.1 Å². The Morgan fingerprint density at radius 1 is 1.47 bits per heavy atom. The van der Waals surface area contributed by atoms with Gasteiger partial charge < -0.3 is 5.11 Å². The molecule has 0 atom stereocenters. The summed E-state index contributed by atoms with van der Waals surface area (Å²) in [5.41, 5.74) is 0.802. The van der Waals surface area contributed by atoms with Gasteiger partial charge in [-0.1, -0.05) is 49.5 Å². The molecule has 1 aliphatic rings.